The third-order valence-electron chi connectivity index (χ3n) is 3.99. The van der Waals surface area contributed by atoms with E-state index in [2.05, 4.69) is 17.1 Å². The first-order valence-corrected chi connectivity index (χ1v) is 9.37. The molecule has 2 N–H and O–H groups in total. The Balaban J connectivity index is 1.76. The van der Waals surface area contributed by atoms with Gasteiger partial charge in [0.1, 0.15) is 0 Å². The molecule has 0 aromatic heterocycles. The minimum absolute atomic E-state index is 0.0942. The van der Waals surface area contributed by atoms with Crippen LogP contribution in [0.3, 0.4) is 0 Å². The zero-order valence-corrected chi connectivity index (χ0v) is 15.0. The molecule has 0 amide bonds. The number of aliphatic imine (C=N–C) groups is 1. The Labute approximate surface area is 152 Å². The van der Waals surface area contributed by atoms with Gasteiger partial charge < -0.3 is 10.5 Å². The van der Waals surface area contributed by atoms with E-state index in [9.17, 15) is 0 Å². The van der Waals surface area contributed by atoms with Gasteiger partial charge in [-0.05, 0) is 36.1 Å². The molecule has 5 heteroatoms. The fourth-order valence-electron chi connectivity index (χ4n) is 2.73. The van der Waals surface area contributed by atoms with Crippen molar-refractivity contribution in [1.82, 2.24) is 0 Å². The van der Waals surface area contributed by atoms with Gasteiger partial charge >= 0.3 is 0 Å². The van der Waals surface area contributed by atoms with E-state index >= 15 is 0 Å². The maximum absolute atomic E-state index is 6.19. The lowest BCUT2D eigenvalue weighted by Crippen LogP contribution is -2.16. The minimum Gasteiger partial charge on any atom is -0.379 e. The van der Waals surface area contributed by atoms with Crippen molar-refractivity contribution in [2.45, 2.75) is 24.2 Å². The average molecular weight is 361 g/mol. The molecule has 0 unspecified atom stereocenters. The van der Waals surface area contributed by atoms with Crippen molar-refractivity contribution in [2.75, 3.05) is 13.2 Å². The lowest BCUT2D eigenvalue weighted by atomic mass is 10.0. The molecule has 1 fully saturated rings. The number of nitrogens with two attached hydrogens (primary N) is 1. The molecule has 1 saturated heterocycles. The topological polar surface area (TPSA) is 47.6 Å². The molecule has 1 heterocycles. The van der Waals surface area contributed by atoms with Crippen LogP contribution in [0.15, 0.2) is 59.6 Å². The average Bonchev–Trinajstić information content (AvgIpc) is 3.13. The van der Waals surface area contributed by atoms with Crippen LogP contribution >= 0.6 is 23.4 Å². The molecular weight excluding hydrogens is 340 g/mol. The molecule has 1 aliphatic rings. The lowest BCUT2D eigenvalue weighted by molar-refractivity contribution is 0.118. The fraction of sp³-hybridized carbons (Fsp3) is 0.316. The molecular formula is C19H21ClN2OS. The Kier molecular flexibility index (Phi) is 6.18. The lowest BCUT2D eigenvalue weighted by Gasteiger charge is -2.17. The summed E-state index contributed by atoms with van der Waals surface area (Å²) in [5.74, 6) is 0. The number of hydrogen-bond acceptors (Lipinski definition) is 3. The quantitative estimate of drug-likeness (QED) is 0.623. The van der Waals surface area contributed by atoms with E-state index in [1.807, 2.05) is 42.5 Å². The number of hydrogen-bond donors (Lipinski definition) is 1. The Hall–Kier alpha value is -1.49. The summed E-state index contributed by atoms with van der Waals surface area (Å²) in [5, 5.41) is 1.42. The van der Waals surface area contributed by atoms with E-state index in [0.29, 0.717) is 11.7 Å². The molecule has 0 aliphatic carbocycles. The van der Waals surface area contributed by atoms with Crippen LogP contribution < -0.4 is 5.73 Å². The van der Waals surface area contributed by atoms with Gasteiger partial charge in [0, 0.05) is 11.6 Å². The first-order chi connectivity index (χ1) is 11.7. The van der Waals surface area contributed by atoms with Gasteiger partial charge in [0.25, 0.3) is 0 Å². The van der Waals surface area contributed by atoms with Gasteiger partial charge in [-0.15, -0.1) is 0 Å². The summed E-state index contributed by atoms with van der Waals surface area (Å²) in [6.07, 6.45) is 2.40. The summed E-state index contributed by atoms with van der Waals surface area (Å²) in [4.78, 5) is 4.52. The standard InChI is InChI=1S/C19H21ClN2OS/c20-16-10-8-15(9-11-16)18(14-5-2-1-3-6-14)24-19(21)22-13-17-7-4-12-23-17/h1-3,5-6,8-11,17-18H,4,7,12-13H2,(H2,21,22)/t17-,18+/m0/s1. The first kappa shape index (κ1) is 17.3. The second-order valence-corrected chi connectivity index (χ2v) is 7.34. The Bertz CT molecular complexity index is 670. The Morgan fingerprint density at radius 3 is 2.54 bits per heavy atom. The zero-order chi connectivity index (χ0) is 16.8. The number of ether oxygens (including phenoxy) is 1. The summed E-state index contributed by atoms with van der Waals surface area (Å²) < 4.78 is 5.60. The fourth-order valence-corrected chi connectivity index (χ4v) is 3.84. The molecule has 126 valence electrons. The molecule has 2 aromatic carbocycles. The van der Waals surface area contributed by atoms with Crippen LogP contribution in [0.1, 0.15) is 29.2 Å². The summed E-state index contributed by atoms with van der Waals surface area (Å²) in [5.41, 5.74) is 8.54. The van der Waals surface area contributed by atoms with Gasteiger partial charge in [-0.1, -0.05) is 65.8 Å². The van der Waals surface area contributed by atoms with Crippen LogP contribution in [0.4, 0.5) is 0 Å². The number of halogens is 1. The van der Waals surface area contributed by atoms with Crippen molar-refractivity contribution in [1.29, 1.82) is 0 Å². The largest absolute Gasteiger partial charge is 0.379 e. The smallest absolute Gasteiger partial charge is 0.154 e. The molecule has 2 atom stereocenters. The molecule has 0 radical (unpaired) electrons. The van der Waals surface area contributed by atoms with Gasteiger partial charge in [0.05, 0.1) is 17.9 Å². The minimum atomic E-state index is 0.0942. The molecule has 3 rings (SSSR count). The zero-order valence-electron chi connectivity index (χ0n) is 13.4. The van der Waals surface area contributed by atoms with Crippen LogP contribution in [-0.2, 0) is 4.74 Å². The molecule has 0 saturated carbocycles. The van der Waals surface area contributed by atoms with Gasteiger partial charge in [0.15, 0.2) is 5.17 Å². The summed E-state index contributed by atoms with van der Waals surface area (Å²) in [7, 11) is 0. The molecule has 24 heavy (non-hydrogen) atoms. The predicted molar refractivity (Wildman–Crippen MR) is 103 cm³/mol. The second-order valence-electron chi connectivity index (χ2n) is 5.77. The van der Waals surface area contributed by atoms with E-state index < -0.39 is 0 Å². The van der Waals surface area contributed by atoms with E-state index in [4.69, 9.17) is 22.1 Å². The number of thioether (sulfide) groups is 1. The SMILES string of the molecule is NC(=NC[C@@H]1CCCO1)S[C@H](c1ccccc1)c1ccc(Cl)cc1. The van der Waals surface area contributed by atoms with Crippen molar-refractivity contribution in [3.63, 3.8) is 0 Å². The number of benzene rings is 2. The van der Waals surface area contributed by atoms with Gasteiger partial charge in [-0.3, -0.25) is 4.99 Å². The molecule has 0 bridgehead atoms. The van der Waals surface area contributed by atoms with Crippen molar-refractivity contribution in [3.8, 4) is 0 Å². The molecule has 0 spiro atoms. The van der Waals surface area contributed by atoms with Gasteiger partial charge in [-0.2, -0.15) is 0 Å². The summed E-state index contributed by atoms with van der Waals surface area (Å²) >= 11 is 7.59. The Morgan fingerprint density at radius 1 is 1.17 bits per heavy atom. The van der Waals surface area contributed by atoms with Crippen molar-refractivity contribution >= 4 is 28.5 Å². The third-order valence-corrected chi connectivity index (χ3v) is 5.39. The number of rotatable bonds is 5. The maximum atomic E-state index is 6.19. The second kappa shape index (κ2) is 8.56. The molecule has 2 aromatic rings. The summed E-state index contributed by atoms with van der Waals surface area (Å²) in [6, 6.07) is 18.2. The molecule has 1 aliphatic heterocycles. The van der Waals surface area contributed by atoms with Crippen molar-refractivity contribution in [2.24, 2.45) is 10.7 Å². The van der Waals surface area contributed by atoms with Crippen LogP contribution in [-0.4, -0.2) is 24.4 Å². The van der Waals surface area contributed by atoms with Gasteiger partial charge in [0.2, 0.25) is 0 Å². The third kappa shape index (κ3) is 4.76. The normalized spacial score (nSPS) is 19.4. The highest BCUT2D eigenvalue weighted by molar-refractivity contribution is 8.14. The first-order valence-electron chi connectivity index (χ1n) is 8.11. The summed E-state index contributed by atoms with van der Waals surface area (Å²) in [6.45, 7) is 1.48. The van der Waals surface area contributed by atoms with E-state index in [1.165, 1.54) is 5.56 Å². The maximum Gasteiger partial charge on any atom is 0.154 e. The van der Waals surface area contributed by atoms with Crippen LogP contribution in [0.2, 0.25) is 5.02 Å². The van der Waals surface area contributed by atoms with Crippen molar-refractivity contribution in [3.05, 3.63) is 70.7 Å². The van der Waals surface area contributed by atoms with E-state index in [0.717, 1.165) is 30.0 Å². The van der Waals surface area contributed by atoms with Crippen LogP contribution in [0.5, 0.6) is 0 Å². The van der Waals surface area contributed by atoms with Crippen LogP contribution in [0, 0.1) is 0 Å². The highest BCUT2D eigenvalue weighted by Gasteiger charge is 2.18. The monoisotopic (exact) mass is 360 g/mol. The van der Waals surface area contributed by atoms with Gasteiger partial charge in [-0.25, -0.2) is 0 Å². The number of nitrogens with zero attached hydrogens (tertiary/aromatic N) is 1. The van der Waals surface area contributed by atoms with E-state index in [1.54, 1.807) is 11.8 Å². The van der Waals surface area contributed by atoms with E-state index in [-0.39, 0.29) is 11.4 Å². The predicted octanol–water partition coefficient (Wildman–Crippen LogP) is 4.66. The van der Waals surface area contributed by atoms with Crippen molar-refractivity contribution < 1.29 is 4.74 Å². The number of amidine groups is 1. The van der Waals surface area contributed by atoms with Crippen LogP contribution in [0.25, 0.3) is 0 Å². The molecule has 3 nitrogen and oxygen atoms in total. The highest BCUT2D eigenvalue weighted by atomic mass is 35.5. The highest BCUT2D eigenvalue weighted by Crippen LogP contribution is 2.36. The Morgan fingerprint density at radius 2 is 1.88 bits per heavy atom.